The van der Waals surface area contributed by atoms with Crippen LogP contribution in [0.25, 0.3) is 0 Å². The average molecular weight is 351 g/mol. The minimum atomic E-state index is -4.46. The Balaban J connectivity index is 1.58. The number of piperidine rings is 1. The Hall–Kier alpha value is -2.71. The summed E-state index contributed by atoms with van der Waals surface area (Å²) in [6, 6.07) is 4.11. The van der Waals surface area contributed by atoms with E-state index < -0.39 is 11.9 Å². The molecule has 1 fully saturated rings. The predicted octanol–water partition coefficient (Wildman–Crippen LogP) is 2.29. The van der Waals surface area contributed by atoms with Crippen molar-refractivity contribution in [3.05, 3.63) is 48.3 Å². The summed E-state index contributed by atoms with van der Waals surface area (Å²) in [5, 5.41) is 2.89. The third-order valence-electron chi connectivity index (χ3n) is 4.04. The van der Waals surface area contributed by atoms with E-state index in [2.05, 4.69) is 20.3 Å². The number of hydrogen-bond acceptors (Lipinski definition) is 5. The molecule has 0 aliphatic carbocycles. The van der Waals surface area contributed by atoms with Gasteiger partial charge in [-0.2, -0.15) is 13.2 Å². The summed E-state index contributed by atoms with van der Waals surface area (Å²) in [5.74, 6) is -0.274. The van der Waals surface area contributed by atoms with E-state index in [9.17, 15) is 18.0 Å². The maximum absolute atomic E-state index is 12.8. The molecule has 1 saturated heterocycles. The average Bonchev–Trinajstić information content (AvgIpc) is 2.62. The third-order valence-corrected chi connectivity index (χ3v) is 4.04. The highest BCUT2D eigenvalue weighted by Gasteiger charge is 2.33. The van der Waals surface area contributed by atoms with Crippen LogP contribution in [0, 0.1) is 0 Å². The van der Waals surface area contributed by atoms with Crippen LogP contribution in [0.3, 0.4) is 0 Å². The molecule has 0 aromatic carbocycles. The molecule has 6 nitrogen and oxygen atoms in total. The lowest BCUT2D eigenvalue weighted by Gasteiger charge is -2.34. The van der Waals surface area contributed by atoms with E-state index in [1.807, 2.05) is 4.90 Å². The largest absolute Gasteiger partial charge is 0.433 e. The lowest BCUT2D eigenvalue weighted by molar-refractivity contribution is -0.141. The summed E-state index contributed by atoms with van der Waals surface area (Å²) in [5.41, 5.74) is -0.117. The van der Waals surface area contributed by atoms with Crippen LogP contribution in [0.15, 0.2) is 36.9 Å². The Morgan fingerprint density at radius 3 is 2.56 bits per heavy atom. The van der Waals surface area contributed by atoms with Crippen LogP contribution in [0.2, 0.25) is 0 Å². The van der Waals surface area contributed by atoms with Gasteiger partial charge < -0.3 is 10.2 Å². The number of pyridine rings is 1. The number of halogens is 3. The van der Waals surface area contributed by atoms with Crippen LogP contribution in [0.5, 0.6) is 0 Å². The summed E-state index contributed by atoms with van der Waals surface area (Å²) < 4.78 is 38.3. The topological polar surface area (TPSA) is 71.0 Å². The first kappa shape index (κ1) is 17.1. The van der Waals surface area contributed by atoms with Gasteiger partial charge in [0, 0.05) is 37.2 Å². The smallest absolute Gasteiger partial charge is 0.371 e. The van der Waals surface area contributed by atoms with Gasteiger partial charge >= 0.3 is 6.18 Å². The molecule has 0 saturated carbocycles. The summed E-state index contributed by atoms with van der Waals surface area (Å²) in [6.07, 6.45) is 0.785. The van der Waals surface area contributed by atoms with Crippen LogP contribution in [0.4, 0.5) is 18.9 Å². The minimum Gasteiger partial charge on any atom is -0.371 e. The van der Waals surface area contributed by atoms with Gasteiger partial charge in [-0.05, 0) is 31.0 Å². The van der Waals surface area contributed by atoms with Crippen molar-refractivity contribution in [2.75, 3.05) is 18.0 Å². The van der Waals surface area contributed by atoms with E-state index >= 15 is 0 Å². The van der Waals surface area contributed by atoms with Crippen molar-refractivity contribution in [2.45, 2.75) is 25.1 Å². The maximum atomic E-state index is 12.8. The molecule has 132 valence electrons. The molecular formula is C16H16F3N5O. The van der Waals surface area contributed by atoms with E-state index in [1.54, 1.807) is 6.07 Å². The molecule has 25 heavy (non-hydrogen) atoms. The Labute approximate surface area is 142 Å². The molecule has 1 N–H and O–H groups in total. The normalized spacial score (nSPS) is 15.9. The second-order valence-corrected chi connectivity index (χ2v) is 5.73. The zero-order chi connectivity index (χ0) is 17.9. The highest BCUT2D eigenvalue weighted by atomic mass is 19.4. The lowest BCUT2D eigenvalue weighted by Crippen LogP contribution is -2.45. The minimum absolute atomic E-state index is 0.0392. The number of nitrogens with zero attached hydrogens (tertiary/aromatic N) is 4. The molecule has 9 heteroatoms. The van der Waals surface area contributed by atoms with Crippen molar-refractivity contribution in [2.24, 2.45) is 0 Å². The van der Waals surface area contributed by atoms with Crippen molar-refractivity contribution >= 4 is 11.6 Å². The third kappa shape index (κ3) is 4.23. The molecule has 3 heterocycles. The Bertz CT molecular complexity index is 730. The maximum Gasteiger partial charge on any atom is 0.433 e. The first-order valence-corrected chi connectivity index (χ1v) is 7.78. The summed E-state index contributed by atoms with van der Waals surface area (Å²) in [4.78, 5) is 25.0. The first-order chi connectivity index (χ1) is 11.9. The van der Waals surface area contributed by atoms with Gasteiger partial charge in [-0.3, -0.25) is 9.78 Å². The number of hydrogen-bond donors (Lipinski definition) is 1. The fraction of sp³-hybridized carbons (Fsp3) is 0.375. The predicted molar refractivity (Wildman–Crippen MR) is 84.0 cm³/mol. The monoisotopic (exact) mass is 351 g/mol. The summed E-state index contributed by atoms with van der Waals surface area (Å²) >= 11 is 0. The number of amides is 1. The van der Waals surface area contributed by atoms with Crippen LogP contribution in [0.1, 0.15) is 29.0 Å². The number of anilines is 1. The molecule has 0 atom stereocenters. The Morgan fingerprint density at radius 1 is 1.16 bits per heavy atom. The van der Waals surface area contributed by atoms with Crippen molar-refractivity contribution in [1.29, 1.82) is 0 Å². The second kappa shape index (κ2) is 7.04. The van der Waals surface area contributed by atoms with E-state index in [4.69, 9.17) is 0 Å². The van der Waals surface area contributed by atoms with Crippen molar-refractivity contribution < 1.29 is 18.0 Å². The molecule has 1 aliphatic heterocycles. The van der Waals surface area contributed by atoms with Crippen LogP contribution in [-0.2, 0) is 6.18 Å². The van der Waals surface area contributed by atoms with E-state index in [0.29, 0.717) is 37.3 Å². The number of aromatic nitrogens is 3. The molecule has 2 aromatic heterocycles. The van der Waals surface area contributed by atoms with E-state index in [1.165, 1.54) is 24.8 Å². The van der Waals surface area contributed by atoms with Gasteiger partial charge in [0.25, 0.3) is 5.91 Å². The molecule has 1 amide bonds. The molecule has 0 bridgehead atoms. The van der Waals surface area contributed by atoms with Gasteiger partial charge in [-0.15, -0.1) is 0 Å². The second-order valence-electron chi connectivity index (χ2n) is 5.73. The van der Waals surface area contributed by atoms with Gasteiger partial charge in [-0.25, -0.2) is 9.97 Å². The molecule has 0 radical (unpaired) electrons. The fourth-order valence-electron chi connectivity index (χ4n) is 2.74. The SMILES string of the molecule is O=C(NC1CCN(c2ccnc(C(F)(F)F)c2)CC1)c1ccncn1. The van der Waals surface area contributed by atoms with Crippen LogP contribution < -0.4 is 10.2 Å². The highest BCUT2D eigenvalue weighted by Crippen LogP contribution is 2.30. The summed E-state index contributed by atoms with van der Waals surface area (Å²) in [6.45, 7) is 1.10. The number of alkyl halides is 3. The van der Waals surface area contributed by atoms with Crippen LogP contribution >= 0.6 is 0 Å². The van der Waals surface area contributed by atoms with Gasteiger partial charge in [0.1, 0.15) is 17.7 Å². The number of nitrogens with one attached hydrogen (secondary N) is 1. The lowest BCUT2D eigenvalue weighted by atomic mass is 10.0. The number of carbonyl (C=O) groups is 1. The molecule has 0 unspecified atom stereocenters. The van der Waals surface area contributed by atoms with Gasteiger partial charge in [0.05, 0.1) is 0 Å². The zero-order valence-electron chi connectivity index (χ0n) is 13.2. The van der Waals surface area contributed by atoms with E-state index in [0.717, 1.165) is 6.07 Å². The fourth-order valence-corrected chi connectivity index (χ4v) is 2.74. The summed E-state index contributed by atoms with van der Waals surface area (Å²) in [7, 11) is 0. The van der Waals surface area contributed by atoms with Gasteiger partial charge in [-0.1, -0.05) is 0 Å². The molecule has 0 spiro atoms. The zero-order valence-corrected chi connectivity index (χ0v) is 13.2. The highest BCUT2D eigenvalue weighted by molar-refractivity contribution is 5.92. The Morgan fingerprint density at radius 2 is 1.92 bits per heavy atom. The molecular weight excluding hydrogens is 335 g/mol. The first-order valence-electron chi connectivity index (χ1n) is 7.78. The number of carbonyl (C=O) groups excluding carboxylic acids is 1. The Kier molecular flexibility index (Phi) is 4.82. The van der Waals surface area contributed by atoms with Gasteiger partial charge in [0.15, 0.2) is 0 Å². The van der Waals surface area contributed by atoms with E-state index in [-0.39, 0.29) is 11.9 Å². The van der Waals surface area contributed by atoms with Crippen molar-refractivity contribution in [3.8, 4) is 0 Å². The standard InChI is InChI=1S/C16H16F3N5O/c17-16(18,19)14-9-12(1-6-21-14)24-7-3-11(4-8-24)23-15(25)13-2-5-20-10-22-13/h1-2,5-6,9-11H,3-4,7-8H2,(H,23,25). The molecule has 3 rings (SSSR count). The van der Waals surface area contributed by atoms with Gasteiger partial charge in [0.2, 0.25) is 0 Å². The molecule has 1 aliphatic rings. The molecule has 2 aromatic rings. The van der Waals surface area contributed by atoms with Crippen LogP contribution in [-0.4, -0.2) is 40.0 Å². The van der Waals surface area contributed by atoms with Crippen molar-refractivity contribution in [3.63, 3.8) is 0 Å². The number of rotatable bonds is 3. The van der Waals surface area contributed by atoms with Crippen molar-refractivity contribution in [1.82, 2.24) is 20.3 Å². The quantitative estimate of drug-likeness (QED) is 0.919.